The molecule has 424 valence electrons. The first-order chi connectivity index (χ1) is 35.9. The minimum atomic E-state index is -2.00. The fourth-order valence-electron chi connectivity index (χ4n) is 12.5. The maximum absolute atomic E-state index is 14.5. The van der Waals surface area contributed by atoms with Crippen LogP contribution in [-0.4, -0.2) is 171 Å². The van der Waals surface area contributed by atoms with E-state index >= 15 is 0 Å². The molecule has 3 aromatic rings. The lowest BCUT2D eigenvalue weighted by molar-refractivity contribution is -0.319. The third kappa shape index (κ3) is 13.1. The summed E-state index contributed by atoms with van der Waals surface area (Å²) in [6, 6.07) is 16.4. The van der Waals surface area contributed by atoms with Gasteiger partial charge in [-0.2, -0.15) is 0 Å². The molecule has 76 heavy (non-hydrogen) atoms. The molecule has 18 nitrogen and oxygen atoms in total. The number of hydrogen-bond acceptors (Lipinski definition) is 17. The Kier molecular flexibility index (Phi) is 19.7. The molecule has 0 bridgehead atoms. The van der Waals surface area contributed by atoms with Crippen LogP contribution in [0.5, 0.6) is 0 Å². The van der Waals surface area contributed by atoms with Crippen molar-refractivity contribution in [1.82, 2.24) is 19.9 Å². The van der Waals surface area contributed by atoms with Crippen molar-refractivity contribution in [2.75, 3.05) is 39.3 Å². The Balaban J connectivity index is 1.10. The summed E-state index contributed by atoms with van der Waals surface area (Å²) in [5.41, 5.74) is 1.18. The summed E-state index contributed by atoms with van der Waals surface area (Å²) in [5, 5.41) is 55.9. The minimum Gasteiger partial charge on any atom is -0.459 e. The zero-order valence-corrected chi connectivity index (χ0v) is 47.3. The van der Waals surface area contributed by atoms with Crippen LogP contribution >= 0.6 is 0 Å². The highest BCUT2D eigenvalue weighted by Gasteiger charge is 2.54. The number of cyclic esters (lactones) is 1. The quantitative estimate of drug-likeness (QED) is 0.0940. The number of benzene rings is 2. The fraction of sp³-hybridized carbons (Fsp3) is 0.724. The monoisotopic (exact) mass is 1060 g/mol. The fourth-order valence-corrected chi connectivity index (χ4v) is 12.5. The van der Waals surface area contributed by atoms with Crippen LogP contribution in [0.15, 0.2) is 54.7 Å². The van der Waals surface area contributed by atoms with Crippen molar-refractivity contribution in [2.45, 2.75) is 212 Å². The van der Waals surface area contributed by atoms with E-state index in [0.29, 0.717) is 13.0 Å². The second-order valence-corrected chi connectivity index (χ2v) is 23.2. The number of aromatic nitrogens is 3. The average Bonchev–Trinajstić information content (AvgIpc) is 4.07. The second-order valence-electron chi connectivity index (χ2n) is 23.2. The number of methoxy groups -OCH3 is 2. The Morgan fingerprint density at radius 3 is 2.21 bits per heavy atom. The molecule has 5 heterocycles. The lowest BCUT2D eigenvalue weighted by Crippen LogP contribution is -2.61. The topological polar surface area (TPSA) is 217 Å². The van der Waals surface area contributed by atoms with Gasteiger partial charge in [-0.1, -0.05) is 75.4 Å². The van der Waals surface area contributed by atoms with E-state index in [4.69, 9.17) is 33.2 Å². The van der Waals surface area contributed by atoms with E-state index in [-0.39, 0.29) is 31.1 Å². The number of rotatable bonds is 16. The number of ether oxygens (including phenoxy) is 7. The number of esters is 1. The van der Waals surface area contributed by atoms with E-state index in [1.54, 1.807) is 41.5 Å². The van der Waals surface area contributed by atoms with Crippen LogP contribution in [0.4, 0.5) is 5.69 Å². The van der Waals surface area contributed by atoms with Crippen molar-refractivity contribution >= 4 is 17.4 Å². The third-order valence-corrected chi connectivity index (χ3v) is 17.4. The molecule has 0 amide bonds. The number of fused-ring (bicyclic) bond motifs is 1. The molecule has 1 unspecified atom stereocenters. The summed E-state index contributed by atoms with van der Waals surface area (Å²) >= 11 is 0. The highest BCUT2D eigenvalue weighted by molar-refractivity contribution is 5.83. The van der Waals surface area contributed by atoms with Gasteiger partial charge in [0.1, 0.15) is 35.4 Å². The first-order valence-electron chi connectivity index (χ1n) is 27.7. The molecule has 4 aliphatic heterocycles. The first kappa shape index (κ1) is 59.7. The van der Waals surface area contributed by atoms with Gasteiger partial charge in [0.2, 0.25) is 0 Å². The van der Waals surface area contributed by atoms with Crippen molar-refractivity contribution in [1.29, 1.82) is 0 Å². The molecule has 3 fully saturated rings. The van der Waals surface area contributed by atoms with Crippen molar-refractivity contribution in [3.05, 3.63) is 65.9 Å². The first-order valence-corrected chi connectivity index (χ1v) is 27.7. The van der Waals surface area contributed by atoms with Gasteiger partial charge in [0, 0.05) is 81.9 Å². The van der Waals surface area contributed by atoms with E-state index < -0.39 is 108 Å². The molecule has 3 saturated heterocycles. The number of aliphatic hydroxyl groups excluding tert-OH is 3. The lowest BCUT2D eigenvalue weighted by Gasteiger charge is -2.50. The van der Waals surface area contributed by atoms with E-state index in [0.717, 1.165) is 55.7 Å². The van der Waals surface area contributed by atoms with Crippen LogP contribution in [0.1, 0.15) is 119 Å². The number of nitrogens with zero attached hydrogens (tertiary/aromatic N) is 5. The zero-order chi connectivity index (χ0) is 55.4. The van der Waals surface area contributed by atoms with Crippen LogP contribution in [0, 0.1) is 23.7 Å². The van der Waals surface area contributed by atoms with Gasteiger partial charge in [0.25, 0.3) is 0 Å². The molecule has 18 heteroatoms. The molecular weight excluding hydrogens is 975 g/mol. The van der Waals surface area contributed by atoms with Crippen LogP contribution < -0.4 is 4.90 Å². The molecule has 0 aliphatic carbocycles. The third-order valence-electron chi connectivity index (χ3n) is 17.4. The number of carbonyl (C=O) groups excluding carboxylic acids is 2. The Hall–Kier alpha value is -3.92. The SMILES string of the molecule is CCC1OC(=O)[C@H](C)[C@@H](O[C@H]2C[C@@](C)(OC)[C@@H](O)[C@H](C)O2)[C@H](C)[C@@H](O[C@@H]2O[C@H](C)C[C@H](N(C)Cc3ccc(-c4cn(CCCCN5CCc6ccccc65)nn4)cc3)[C@H]2O)[C@](C)(OC)C[C@@H](C)C(=O)[C@H](C)[C@@H](O)[C@]1(C)O. The number of Topliss-reactive ketones (excluding diaryl/α,β-unsaturated/α-hetero) is 1. The number of hydrogen-bond donors (Lipinski definition) is 4. The van der Waals surface area contributed by atoms with Crippen molar-refractivity contribution in [3.8, 4) is 11.3 Å². The number of ketones is 1. The van der Waals surface area contributed by atoms with E-state index in [9.17, 15) is 30.0 Å². The molecule has 18 atom stereocenters. The van der Waals surface area contributed by atoms with Gasteiger partial charge in [-0.25, -0.2) is 0 Å². The maximum atomic E-state index is 14.5. The number of unbranched alkanes of at least 4 members (excludes halogenated alkanes) is 1. The van der Waals surface area contributed by atoms with Crippen LogP contribution in [0.25, 0.3) is 11.3 Å². The summed E-state index contributed by atoms with van der Waals surface area (Å²) in [5.74, 6) is -4.68. The summed E-state index contributed by atoms with van der Waals surface area (Å²) in [6.45, 7) is 20.5. The van der Waals surface area contributed by atoms with Crippen molar-refractivity contribution in [3.63, 3.8) is 0 Å². The predicted molar refractivity (Wildman–Crippen MR) is 286 cm³/mol. The van der Waals surface area contributed by atoms with E-state index in [2.05, 4.69) is 56.5 Å². The van der Waals surface area contributed by atoms with Crippen LogP contribution in [-0.2, 0) is 62.3 Å². The molecule has 4 aliphatic rings. The molecule has 1 aromatic heterocycles. The smallest absolute Gasteiger partial charge is 0.311 e. The van der Waals surface area contributed by atoms with E-state index in [1.165, 1.54) is 32.4 Å². The summed E-state index contributed by atoms with van der Waals surface area (Å²) in [7, 11) is 4.99. The molecule has 0 radical (unpaired) electrons. The summed E-state index contributed by atoms with van der Waals surface area (Å²) in [4.78, 5) is 33.4. The molecule has 0 spiro atoms. The molecule has 7 rings (SSSR count). The number of likely N-dealkylation sites (N-methyl/N-ethyl adjacent to an activating group) is 1. The van der Waals surface area contributed by atoms with Crippen molar-refractivity contribution < 1.29 is 63.2 Å². The van der Waals surface area contributed by atoms with Crippen LogP contribution in [0.2, 0.25) is 0 Å². The maximum Gasteiger partial charge on any atom is 0.311 e. The van der Waals surface area contributed by atoms with Crippen LogP contribution in [0.3, 0.4) is 0 Å². The van der Waals surface area contributed by atoms with E-state index in [1.807, 2.05) is 50.8 Å². The number of para-hydroxylation sites is 1. The minimum absolute atomic E-state index is 0.0763. The molecule has 4 N–H and O–H groups in total. The number of anilines is 1. The molecule has 0 saturated carbocycles. The van der Waals surface area contributed by atoms with Crippen molar-refractivity contribution in [2.24, 2.45) is 23.7 Å². The van der Waals surface area contributed by atoms with Gasteiger partial charge in [0.05, 0.1) is 53.8 Å². The Labute approximate surface area is 450 Å². The number of aliphatic hydroxyl groups is 4. The highest BCUT2D eigenvalue weighted by Crippen LogP contribution is 2.42. The van der Waals surface area contributed by atoms with Gasteiger partial charge in [-0.05, 0) is 104 Å². The molecular formula is C58H89N5O13. The predicted octanol–water partition coefficient (Wildman–Crippen LogP) is 6.11. The van der Waals surface area contributed by atoms with Gasteiger partial charge < -0.3 is 58.5 Å². The number of aryl methyl sites for hydroxylation is 1. The summed E-state index contributed by atoms with van der Waals surface area (Å²) in [6.07, 6.45) is -4.31. The normalized spacial score (nSPS) is 38.0. The van der Waals surface area contributed by atoms with Gasteiger partial charge >= 0.3 is 5.97 Å². The Morgan fingerprint density at radius 2 is 1.53 bits per heavy atom. The number of carbonyl (C=O) groups is 2. The van der Waals surface area contributed by atoms with Gasteiger partial charge in [-0.15, -0.1) is 5.10 Å². The standard InChI is InChI=1S/C58H89N5O13/c1-14-46-58(10,69)51(66)36(4)48(64)34(2)30-57(9,71-13)53(37(5)50(38(6)54(68)74-46)75-47-31-56(8,70-12)52(67)39(7)73-47)76-55-49(65)45(29-35(3)72-55)61(11)32-40-21-23-41(24-22-40)43-33-63(60-59-43)27-18-17-26-62-28-25-42-19-15-16-20-44(42)62/h15-16,19-24,33-39,45-47,49-53,55,65-67,69H,14,17-18,25-32H2,1-13H3/t34-,35-,36+,37+,38-,39+,45+,46?,47+,49-,50+,51-,52+,53-,55+,56-,57-,58-/m1/s1. The molecule has 2 aromatic carbocycles. The van der Waals surface area contributed by atoms with Gasteiger partial charge in [-0.3, -0.25) is 19.2 Å². The highest BCUT2D eigenvalue weighted by atomic mass is 16.7. The Bertz CT molecular complexity index is 2370. The Morgan fingerprint density at radius 1 is 0.842 bits per heavy atom. The van der Waals surface area contributed by atoms with Gasteiger partial charge in [0.15, 0.2) is 12.6 Å². The largest absolute Gasteiger partial charge is 0.459 e. The lowest BCUT2D eigenvalue weighted by atomic mass is 9.74. The summed E-state index contributed by atoms with van der Waals surface area (Å²) < 4.78 is 46.9. The second kappa shape index (κ2) is 25.0. The average molecular weight is 1060 g/mol. The zero-order valence-electron chi connectivity index (χ0n) is 47.3.